The molecule has 0 bridgehead atoms. The van der Waals surface area contributed by atoms with Gasteiger partial charge in [-0.25, -0.2) is 8.78 Å². The SMILES string of the molecule is O=C1C(=O)N(CCCN2CCOCC2)C(c2ccccc2F)/C1=C(/O)c1ccc(F)cc1. The Morgan fingerprint density at radius 2 is 1.69 bits per heavy atom. The molecule has 2 heterocycles. The van der Waals surface area contributed by atoms with Crippen molar-refractivity contribution in [3.05, 3.63) is 76.9 Å². The van der Waals surface area contributed by atoms with Gasteiger partial charge in [-0.15, -0.1) is 0 Å². The van der Waals surface area contributed by atoms with Crippen molar-refractivity contribution in [2.75, 3.05) is 39.4 Å². The Kier molecular flexibility index (Phi) is 6.62. The van der Waals surface area contributed by atoms with Crippen molar-refractivity contribution < 1.29 is 28.2 Å². The van der Waals surface area contributed by atoms with E-state index in [1.807, 2.05) is 0 Å². The number of hydrogen-bond acceptors (Lipinski definition) is 5. The van der Waals surface area contributed by atoms with Crippen LogP contribution in [0.1, 0.15) is 23.6 Å². The fraction of sp³-hybridized carbons (Fsp3) is 0.333. The van der Waals surface area contributed by atoms with Crippen LogP contribution in [0.15, 0.2) is 54.1 Å². The molecule has 8 heteroatoms. The minimum atomic E-state index is -1.06. The van der Waals surface area contributed by atoms with Crippen molar-refractivity contribution in [2.24, 2.45) is 0 Å². The second-order valence-corrected chi connectivity index (χ2v) is 7.83. The number of likely N-dealkylation sites (tertiary alicyclic amines) is 1. The number of rotatable bonds is 6. The average molecular weight is 442 g/mol. The van der Waals surface area contributed by atoms with Crippen LogP contribution in [0.3, 0.4) is 0 Å². The molecule has 1 unspecified atom stereocenters. The minimum absolute atomic E-state index is 0.127. The Balaban J connectivity index is 1.68. The number of ether oxygens (including phenoxy) is 1. The zero-order valence-electron chi connectivity index (χ0n) is 17.5. The number of aliphatic hydroxyl groups excluding tert-OH is 1. The van der Waals surface area contributed by atoms with E-state index in [1.54, 1.807) is 6.07 Å². The second kappa shape index (κ2) is 9.58. The van der Waals surface area contributed by atoms with Crippen LogP contribution in [0, 0.1) is 11.6 Å². The van der Waals surface area contributed by atoms with E-state index in [-0.39, 0.29) is 23.2 Å². The Bertz CT molecular complexity index is 1030. The van der Waals surface area contributed by atoms with Gasteiger partial charge in [0.2, 0.25) is 0 Å². The van der Waals surface area contributed by atoms with E-state index in [0.29, 0.717) is 26.2 Å². The third kappa shape index (κ3) is 4.42. The van der Waals surface area contributed by atoms with E-state index >= 15 is 0 Å². The number of halogens is 2. The van der Waals surface area contributed by atoms with Gasteiger partial charge in [-0.2, -0.15) is 0 Å². The van der Waals surface area contributed by atoms with Crippen molar-refractivity contribution in [1.29, 1.82) is 0 Å². The molecule has 0 aliphatic carbocycles. The number of amides is 1. The van der Waals surface area contributed by atoms with Crippen LogP contribution in [-0.2, 0) is 14.3 Å². The standard InChI is InChI=1S/C24H24F2N2O4/c25-17-8-6-16(7-9-17)22(29)20-21(18-4-1-2-5-19(18)26)28(24(31)23(20)30)11-3-10-27-12-14-32-15-13-27/h1-2,4-9,21,29H,3,10-15H2/b22-20-. The zero-order chi connectivity index (χ0) is 22.7. The smallest absolute Gasteiger partial charge is 0.295 e. The maximum absolute atomic E-state index is 14.7. The molecule has 32 heavy (non-hydrogen) atoms. The topological polar surface area (TPSA) is 70.1 Å². The molecule has 0 radical (unpaired) electrons. The van der Waals surface area contributed by atoms with Crippen molar-refractivity contribution in [3.8, 4) is 0 Å². The number of ketones is 1. The molecule has 0 spiro atoms. The second-order valence-electron chi connectivity index (χ2n) is 7.83. The first-order valence-corrected chi connectivity index (χ1v) is 10.6. The van der Waals surface area contributed by atoms with E-state index in [2.05, 4.69) is 4.90 Å². The summed E-state index contributed by atoms with van der Waals surface area (Å²) >= 11 is 0. The van der Waals surface area contributed by atoms with Crippen molar-refractivity contribution in [2.45, 2.75) is 12.5 Å². The summed E-state index contributed by atoms with van der Waals surface area (Å²) in [6, 6.07) is 9.74. The summed E-state index contributed by atoms with van der Waals surface area (Å²) in [6.07, 6.45) is 0.578. The van der Waals surface area contributed by atoms with Crippen molar-refractivity contribution in [3.63, 3.8) is 0 Å². The van der Waals surface area contributed by atoms with E-state index in [0.717, 1.165) is 25.2 Å². The number of benzene rings is 2. The van der Waals surface area contributed by atoms with E-state index < -0.39 is 35.1 Å². The summed E-state index contributed by atoms with van der Waals surface area (Å²) in [5, 5.41) is 10.9. The van der Waals surface area contributed by atoms with Crippen LogP contribution in [0.5, 0.6) is 0 Å². The first-order chi connectivity index (χ1) is 15.5. The maximum atomic E-state index is 14.7. The molecule has 4 rings (SSSR count). The predicted molar refractivity (Wildman–Crippen MR) is 114 cm³/mol. The third-order valence-corrected chi connectivity index (χ3v) is 5.83. The van der Waals surface area contributed by atoms with Gasteiger partial charge in [0.15, 0.2) is 0 Å². The fourth-order valence-corrected chi connectivity index (χ4v) is 4.18. The van der Waals surface area contributed by atoms with Crippen LogP contribution in [0.2, 0.25) is 0 Å². The molecular formula is C24H24F2N2O4. The number of carbonyl (C=O) groups is 2. The molecule has 2 aliphatic rings. The van der Waals surface area contributed by atoms with Gasteiger partial charge >= 0.3 is 0 Å². The van der Waals surface area contributed by atoms with Gasteiger partial charge in [0.05, 0.1) is 24.8 Å². The lowest BCUT2D eigenvalue weighted by molar-refractivity contribution is -0.140. The molecule has 168 valence electrons. The Hall–Kier alpha value is -3.10. The van der Waals surface area contributed by atoms with E-state index in [4.69, 9.17) is 4.74 Å². The van der Waals surface area contributed by atoms with Crippen LogP contribution >= 0.6 is 0 Å². The Morgan fingerprint density at radius 1 is 1.00 bits per heavy atom. The van der Waals surface area contributed by atoms with Gasteiger partial charge in [-0.3, -0.25) is 14.5 Å². The molecule has 6 nitrogen and oxygen atoms in total. The average Bonchev–Trinajstić information content (AvgIpc) is 3.05. The Morgan fingerprint density at radius 3 is 2.38 bits per heavy atom. The molecule has 2 aromatic carbocycles. The predicted octanol–water partition coefficient (Wildman–Crippen LogP) is 3.11. The number of nitrogens with zero attached hydrogens (tertiary/aromatic N) is 2. The summed E-state index contributed by atoms with van der Waals surface area (Å²) in [5.41, 5.74) is 0.110. The molecule has 0 saturated carbocycles. The molecule has 2 fully saturated rings. The summed E-state index contributed by atoms with van der Waals surface area (Å²) in [7, 11) is 0. The quantitative estimate of drug-likeness (QED) is 0.423. The first kappa shape index (κ1) is 22.1. The van der Waals surface area contributed by atoms with Crippen LogP contribution in [0.4, 0.5) is 8.78 Å². The normalized spacial score (nSPS) is 21.3. The highest BCUT2D eigenvalue weighted by Crippen LogP contribution is 2.40. The molecular weight excluding hydrogens is 418 g/mol. The number of hydrogen-bond donors (Lipinski definition) is 1. The molecule has 2 aliphatic heterocycles. The molecule has 2 aromatic rings. The summed E-state index contributed by atoms with van der Waals surface area (Å²) in [5.74, 6) is -3.21. The van der Waals surface area contributed by atoms with Gasteiger partial charge < -0.3 is 14.7 Å². The number of Topliss-reactive ketones (excluding diaryl/α,β-unsaturated/α-hetero) is 1. The molecule has 1 atom stereocenters. The highest BCUT2D eigenvalue weighted by Gasteiger charge is 2.46. The highest BCUT2D eigenvalue weighted by molar-refractivity contribution is 6.46. The molecule has 1 amide bonds. The third-order valence-electron chi connectivity index (χ3n) is 5.83. The number of carbonyl (C=O) groups excluding carboxylic acids is 2. The summed E-state index contributed by atoms with van der Waals surface area (Å²) < 4.78 is 33.4. The zero-order valence-corrected chi connectivity index (χ0v) is 17.5. The van der Waals surface area contributed by atoms with E-state index in [1.165, 1.54) is 35.2 Å². The van der Waals surface area contributed by atoms with Crippen molar-refractivity contribution >= 4 is 17.4 Å². The number of morpholine rings is 1. The summed E-state index contributed by atoms with van der Waals surface area (Å²) in [4.78, 5) is 29.3. The van der Waals surface area contributed by atoms with E-state index in [9.17, 15) is 23.5 Å². The van der Waals surface area contributed by atoms with Crippen LogP contribution < -0.4 is 0 Å². The maximum Gasteiger partial charge on any atom is 0.295 e. The van der Waals surface area contributed by atoms with Gasteiger partial charge in [0.25, 0.3) is 11.7 Å². The lowest BCUT2D eigenvalue weighted by atomic mass is 9.95. The molecule has 2 saturated heterocycles. The number of aliphatic hydroxyl groups is 1. The van der Waals surface area contributed by atoms with Gasteiger partial charge in [-0.1, -0.05) is 18.2 Å². The first-order valence-electron chi connectivity index (χ1n) is 10.6. The van der Waals surface area contributed by atoms with Gasteiger partial charge in [-0.05, 0) is 36.8 Å². The lowest BCUT2D eigenvalue weighted by Crippen LogP contribution is -2.39. The van der Waals surface area contributed by atoms with Crippen LogP contribution in [0.25, 0.3) is 5.76 Å². The minimum Gasteiger partial charge on any atom is -0.507 e. The molecule has 0 aromatic heterocycles. The highest BCUT2D eigenvalue weighted by atomic mass is 19.1. The monoisotopic (exact) mass is 442 g/mol. The Labute approximate surface area is 184 Å². The van der Waals surface area contributed by atoms with Crippen molar-refractivity contribution in [1.82, 2.24) is 9.80 Å². The fourth-order valence-electron chi connectivity index (χ4n) is 4.18. The van der Waals surface area contributed by atoms with Crippen LogP contribution in [-0.4, -0.2) is 66.0 Å². The van der Waals surface area contributed by atoms with Gasteiger partial charge in [0, 0.05) is 37.3 Å². The van der Waals surface area contributed by atoms with Gasteiger partial charge in [0.1, 0.15) is 17.4 Å². The lowest BCUT2D eigenvalue weighted by Gasteiger charge is -2.29. The molecule has 1 N–H and O–H groups in total. The summed E-state index contributed by atoms with van der Waals surface area (Å²) in [6.45, 7) is 3.81. The largest absolute Gasteiger partial charge is 0.507 e.